The quantitative estimate of drug-likeness (QED) is 0.665. The Balaban J connectivity index is 2.50. The molecule has 0 bridgehead atoms. The number of rotatable bonds is 8. The van der Waals surface area contributed by atoms with Crippen molar-refractivity contribution < 1.29 is 15.0 Å². The van der Waals surface area contributed by atoms with E-state index in [-0.39, 0.29) is 12.3 Å². The third-order valence-corrected chi connectivity index (χ3v) is 2.65. The van der Waals surface area contributed by atoms with Crippen LogP contribution in [0.15, 0.2) is 0 Å². The zero-order valence-electron chi connectivity index (χ0n) is 10.1. The fourth-order valence-corrected chi connectivity index (χ4v) is 1.76. The maximum Gasteiger partial charge on any atom is 0.358 e. The highest BCUT2D eigenvalue weighted by Crippen LogP contribution is 2.09. The summed E-state index contributed by atoms with van der Waals surface area (Å²) >= 11 is 0. The molecule has 0 radical (unpaired) electrons. The number of aromatic carboxylic acids is 1. The van der Waals surface area contributed by atoms with Crippen LogP contribution in [0.3, 0.4) is 0 Å². The van der Waals surface area contributed by atoms with E-state index in [1.54, 1.807) is 4.68 Å². The number of aryl methyl sites for hydroxylation is 1. The van der Waals surface area contributed by atoms with E-state index in [4.69, 9.17) is 10.2 Å². The predicted octanol–water partition coefficient (Wildman–Crippen LogP) is 1.09. The Morgan fingerprint density at radius 3 is 2.59 bits per heavy atom. The van der Waals surface area contributed by atoms with Crippen LogP contribution in [0, 0.1) is 0 Å². The minimum absolute atomic E-state index is 0.0582. The molecule has 6 heteroatoms. The minimum atomic E-state index is -1.02. The lowest BCUT2D eigenvalue weighted by molar-refractivity contribution is 0.0689. The van der Waals surface area contributed by atoms with Crippen LogP contribution >= 0.6 is 0 Å². The molecule has 0 saturated carbocycles. The second-order valence-corrected chi connectivity index (χ2v) is 3.90. The third kappa shape index (κ3) is 3.81. The SMILES string of the molecule is CCc1c(C(=O)O)nnn1CCCCCCO. The van der Waals surface area contributed by atoms with Crippen molar-refractivity contribution >= 4 is 5.97 Å². The van der Waals surface area contributed by atoms with Crippen molar-refractivity contribution in [1.29, 1.82) is 0 Å². The molecule has 1 rings (SSSR count). The molecule has 17 heavy (non-hydrogen) atoms. The topological polar surface area (TPSA) is 88.2 Å². The van der Waals surface area contributed by atoms with E-state index in [1.165, 1.54) is 0 Å². The summed E-state index contributed by atoms with van der Waals surface area (Å²) in [6.45, 7) is 2.81. The van der Waals surface area contributed by atoms with Gasteiger partial charge in [-0.1, -0.05) is 25.0 Å². The summed E-state index contributed by atoms with van der Waals surface area (Å²) in [7, 11) is 0. The van der Waals surface area contributed by atoms with Crippen molar-refractivity contribution in [3.05, 3.63) is 11.4 Å². The van der Waals surface area contributed by atoms with Gasteiger partial charge in [-0.2, -0.15) is 0 Å². The van der Waals surface area contributed by atoms with Crippen molar-refractivity contribution in [2.45, 2.75) is 45.6 Å². The van der Waals surface area contributed by atoms with Gasteiger partial charge in [-0.15, -0.1) is 5.10 Å². The molecule has 96 valence electrons. The van der Waals surface area contributed by atoms with Crippen LogP contribution in [0.2, 0.25) is 0 Å². The molecule has 2 N–H and O–H groups in total. The van der Waals surface area contributed by atoms with Gasteiger partial charge in [0.05, 0.1) is 5.69 Å². The first-order chi connectivity index (χ1) is 8.20. The number of hydrogen-bond acceptors (Lipinski definition) is 4. The van der Waals surface area contributed by atoms with Crippen LogP contribution in [-0.2, 0) is 13.0 Å². The monoisotopic (exact) mass is 241 g/mol. The van der Waals surface area contributed by atoms with E-state index in [0.29, 0.717) is 18.7 Å². The molecule has 0 aliphatic carbocycles. The van der Waals surface area contributed by atoms with Gasteiger partial charge in [-0.25, -0.2) is 9.48 Å². The summed E-state index contributed by atoms with van der Waals surface area (Å²) in [5.74, 6) is -1.02. The lowest BCUT2D eigenvalue weighted by Gasteiger charge is -2.04. The molecule has 0 saturated heterocycles. The zero-order valence-corrected chi connectivity index (χ0v) is 10.1. The summed E-state index contributed by atoms with van der Waals surface area (Å²) in [6, 6.07) is 0. The number of carbonyl (C=O) groups is 1. The Morgan fingerprint density at radius 1 is 1.29 bits per heavy atom. The van der Waals surface area contributed by atoms with E-state index >= 15 is 0 Å². The Kier molecular flexibility index (Phi) is 5.62. The highest BCUT2D eigenvalue weighted by molar-refractivity contribution is 5.86. The second kappa shape index (κ2) is 7.01. The molecule has 1 heterocycles. The Bertz CT molecular complexity index is 363. The maximum atomic E-state index is 10.9. The summed E-state index contributed by atoms with van der Waals surface area (Å²) in [5, 5.41) is 25.1. The van der Waals surface area contributed by atoms with E-state index in [1.807, 2.05) is 6.92 Å². The van der Waals surface area contributed by atoms with Crippen molar-refractivity contribution in [1.82, 2.24) is 15.0 Å². The van der Waals surface area contributed by atoms with E-state index in [0.717, 1.165) is 25.7 Å². The lowest BCUT2D eigenvalue weighted by Crippen LogP contribution is -2.07. The molecular formula is C11H19N3O3. The molecule has 1 aromatic heterocycles. The molecule has 0 unspecified atom stereocenters. The van der Waals surface area contributed by atoms with Crippen molar-refractivity contribution in [2.24, 2.45) is 0 Å². The summed E-state index contributed by atoms with van der Waals surface area (Å²) < 4.78 is 1.67. The van der Waals surface area contributed by atoms with Gasteiger partial charge in [0, 0.05) is 13.2 Å². The van der Waals surface area contributed by atoms with Gasteiger partial charge in [0.2, 0.25) is 0 Å². The first-order valence-corrected chi connectivity index (χ1v) is 5.97. The Hall–Kier alpha value is -1.43. The molecule has 0 spiro atoms. The molecule has 6 nitrogen and oxygen atoms in total. The Morgan fingerprint density at radius 2 is 2.00 bits per heavy atom. The normalized spacial score (nSPS) is 10.7. The van der Waals surface area contributed by atoms with E-state index < -0.39 is 5.97 Å². The number of carboxylic acid groups (broad SMARTS) is 1. The summed E-state index contributed by atoms with van der Waals surface area (Å²) in [4.78, 5) is 10.9. The van der Waals surface area contributed by atoms with Crippen molar-refractivity contribution in [3.63, 3.8) is 0 Å². The number of nitrogens with zero attached hydrogens (tertiary/aromatic N) is 3. The number of hydrogen-bond donors (Lipinski definition) is 2. The first kappa shape index (κ1) is 13.6. The van der Waals surface area contributed by atoms with Gasteiger partial charge in [0.15, 0.2) is 5.69 Å². The smallest absolute Gasteiger partial charge is 0.358 e. The third-order valence-electron chi connectivity index (χ3n) is 2.65. The van der Waals surface area contributed by atoms with Gasteiger partial charge in [0.1, 0.15) is 0 Å². The molecule has 0 aromatic carbocycles. The number of carboxylic acids is 1. The summed E-state index contributed by atoms with van der Waals surface area (Å²) in [5.41, 5.74) is 0.738. The van der Waals surface area contributed by atoms with Crippen LogP contribution in [0.4, 0.5) is 0 Å². The van der Waals surface area contributed by atoms with Gasteiger partial charge >= 0.3 is 5.97 Å². The summed E-state index contributed by atoms with van der Waals surface area (Å²) in [6.07, 6.45) is 4.35. The van der Waals surface area contributed by atoms with Crippen LogP contribution in [-0.4, -0.2) is 37.8 Å². The van der Waals surface area contributed by atoms with Crippen LogP contribution in [0.25, 0.3) is 0 Å². The van der Waals surface area contributed by atoms with Gasteiger partial charge < -0.3 is 10.2 Å². The molecule has 0 atom stereocenters. The molecular weight excluding hydrogens is 222 g/mol. The molecule has 1 aromatic rings. The number of unbranched alkanes of at least 4 members (excludes halogenated alkanes) is 3. The highest BCUT2D eigenvalue weighted by Gasteiger charge is 2.16. The fraction of sp³-hybridized carbons (Fsp3) is 0.727. The van der Waals surface area contributed by atoms with E-state index in [2.05, 4.69) is 10.3 Å². The van der Waals surface area contributed by atoms with E-state index in [9.17, 15) is 4.79 Å². The molecule has 0 fully saturated rings. The highest BCUT2D eigenvalue weighted by atomic mass is 16.4. The largest absolute Gasteiger partial charge is 0.476 e. The fourth-order valence-electron chi connectivity index (χ4n) is 1.76. The molecule has 0 amide bonds. The average molecular weight is 241 g/mol. The number of aliphatic hydroxyl groups excluding tert-OH is 1. The first-order valence-electron chi connectivity index (χ1n) is 5.97. The van der Waals surface area contributed by atoms with Crippen LogP contribution in [0.1, 0.15) is 48.8 Å². The minimum Gasteiger partial charge on any atom is -0.476 e. The standard InChI is InChI=1S/C11H19N3O3/c1-2-9-10(11(16)17)12-13-14(9)7-5-3-4-6-8-15/h15H,2-8H2,1H3,(H,16,17). The van der Waals surface area contributed by atoms with Crippen LogP contribution < -0.4 is 0 Å². The predicted molar refractivity (Wildman–Crippen MR) is 61.9 cm³/mol. The average Bonchev–Trinajstić information content (AvgIpc) is 2.71. The molecule has 0 aliphatic heterocycles. The van der Waals surface area contributed by atoms with Crippen LogP contribution in [0.5, 0.6) is 0 Å². The van der Waals surface area contributed by atoms with Gasteiger partial charge in [-0.3, -0.25) is 0 Å². The zero-order chi connectivity index (χ0) is 12.7. The van der Waals surface area contributed by atoms with Gasteiger partial charge in [-0.05, 0) is 19.3 Å². The lowest BCUT2D eigenvalue weighted by atomic mass is 10.2. The van der Waals surface area contributed by atoms with Crippen molar-refractivity contribution in [3.8, 4) is 0 Å². The van der Waals surface area contributed by atoms with Gasteiger partial charge in [0.25, 0.3) is 0 Å². The Labute approximate surface area is 100 Å². The maximum absolute atomic E-state index is 10.9. The van der Waals surface area contributed by atoms with Crippen molar-refractivity contribution in [2.75, 3.05) is 6.61 Å². The number of aromatic nitrogens is 3. The second-order valence-electron chi connectivity index (χ2n) is 3.90. The molecule has 0 aliphatic rings. The number of aliphatic hydroxyl groups is 1.